The van der Waals surface area contributed by atoms with E-state index in [0.717, 1.165) is 17.8 Å². The molecule has 0 spiro atoms. The fourth-order valence-corrected chi connectivity index (χ4v) is 4.02. The van der Waals surface area contributed by atoms with E-state index in [9.17, 15) is 9.59 Å². The van der Waals surface area contributed by atoms with Crippen molar-refractivity contribution in [2.75, 3.05) is 26.8 Å². The highest BCUT2D eigenvalue weighted by molar-refractivity contribution is 5.94. The Labute approximate surface area is 214 Å². The van der Waals surface area contributed by atoms with Crippen LogP contribution in [0.5, 0.6) is 0 Å². The first kappa shape index (κ1) is 27.0. The Bertz CT molecular complexity index is 1110. The Hall–Kier alpha value is -3.64. The molecule has 0 N–H and O–H groups in total. The first-order valence-electron chi connectivity index (χ1n) is 12.5. The molecule has 0 aliphatic rings. The first-order valence-corrected chi connectivity index (χ1v) is 12.5. The number of methoxy groups -OCH3 is 1. The quantitative estimate of drug-likeness (QED) is 0.256. The number of carbonyl (C=O) groups excluding carboxylic acids is 2. The van der Waals surface area contributed by atoms with Crippen LogP contribution in [0.2, 0.25) is 0 Å². The number of aromatic nitrogens is 1. The maximum atomic E-state index is 13.5. The zero-order chi connectivity index (χ0) is 25.8. The normalized spacial score (nSPS) is 11.2. The average Bonchev–Trinajstić information content (AvgIpc) is 3.32. The Morgan fingerprint density at radius 2 is 1.67 bits per heavy atom. The number of rotatable bonds is 13. The fourth-order valence-electron chi connectivity index (χ4n) is 4.02. The molecule has 36 heavy (non-hydrogen) atoms. The SMILES string of the molecule is COCCCN(CC(=O)N(Cc1cccn1Cc1ccccc1)C(C)C)C(=O)C=Cc1ccccc1. The van der Waals surface area contributed by atoms with Crippen LogP contribution in [0.4, 0.5) is 0 Å². The number of ether oxygens (including phenoxy) is 1. The topological polar surface area (TPSA) is 54.8 Å². The molecule has 0 aliphatic heterocycles. The lowest BCUT2D eigenvalue weighted by molar-refractivity contribution is -0.140. The molecule has 6 heteroatoms. The largest absolute Gasteiger partial charge is 0.385 e. The number of hydrogen-bond donors (Lipinski definition) is 0. The molecule has 3 aromatic rings. The third-order valence-corrected chi connectivity index (χ3v) is 6.03. The Balaban J connectivity index is 1.71. The van der Waals surface area contributed by atoms with Crippen molar-refractivity contribution in [2.24, 2.45) is 0 Å². The van der Waals surface area contributed by atoms with E-state index in [1.165, 1.54) is 5.56 Å². The molecule has 0 unspecified atom stereocenters. The molecular formula is C30H37N3O3. The van der Waals surface area contributed by atoms with Gasteiger partial charge in [-0.25, -0.2) is 0 Å². The summed E-state index contributed by atoms with van der Waals surface area (Å²) in [5.41, 5.74) is 3.21. The van der Waals surface area contributed by atoms with Gasteiger partial charge in [-0.05, 0) is 49.6 Å². The van der Waals surface area contributed by atoms with E-state index in [-0.39, 0.29) is 24.4 Å². The molecule has 0 atom stereocenters. The minimum atomic E-state index is -0.181. The van der Waals surface area contributed by atoms with Crippen LogP contribution in [-0.4, -0.2) is 59.0 Å². The third kappa shape index (κ3) is 8.24. The molecule has 0 saturated heterocycles. The first-order chi connectivity index (χ1) is 17.5. The van der Waals surface area contributed by atoms with Gasteiger partial charge in [-0.15, -0.1) is 0 Å². The summed E-state index contributed by atoms with van der Waals surface area (Å²) in [7, 11) is 1.64. The minimum absolute atomic E-state index is 0.00615. The van der Waals surface area contributed by atoms with Crippen molar-refractivity contribution >= 4 is 17.9 Å². The van der Waals surface area contributed by atoms with Crippen LogP contribution < -0.4 is 0 Å². The van der Waals surface area contributed by atoms with E-state index in [0.29, 0.717) is 26.1 Å². The summed E-state index contributed by atoms with van der Waals surface area (Å²) in [5, 5.41) is 0. The van der Waals surface area contributed by atoms with Gasteiger partial charge in [0.05, 0.1) is 6.54 Å². The summed E-state index contributed by atoms with van der Waals surface area (Å²) in [6, 6.07) is 24.0. The summed E-state index contributed by atoms with van der Waals surface area (Å²) >= 11 is 0. The Kier molecular flexibility index (Phi) is 10.5. The molecule has 1 heterocycles. The van der Waals surface area contributed by atoms with Crippen molar-refractivity contribution in [1.82, 2.24) is 14.4 Å². The van der Waals surface area contributed by atoms with Crippen molar-refractivity contribution in [3.05, 3.63) is 102 Å². The molecule has 2 aromatic carbocycles. The van der Waals surface area contributed by atoms with E-state index in [2.05, 4.69) is 22.8 Å². The summed E-state index contributed by atoms with van der Waals surface area (Å²) in [6.07, 6.45) is 6.03. The number of hydrogen-bond acceptors (Lipinski definition) is 3. The standard InChI is InChI=1S/C30H37N3O3/c1-25(2)33(23-28-16-10-19-31(28)22-27-14-8-5-9-15-27)30(35)24-32(20-11-21-36-3)29(34)18-17-26-12-6-4-7-13-26/h4-10,12-19,25H,11,20-24H2,1-3H3. The van der Waals surface area contributed by atoms with E-state index < -0.39 is 0 Å². The molecule has 0 bridgehead atoms. The minimum Gasteiger partial charge on any atom is -0.385 e. The average molecular weight is 488 g/mol. The van der Waals surface area contributed by atoms with Gasteiger partial charge in [0.2, 0.25) is 11.8 Å². The molecule has 0 aliphatic carbocycles. The van der Waals surface area contributed by atoms with Gasteiger partial charge < -0.3 is 19.1 Å². The summed E-state index contributed by atoms with van der Waals surface area (Å²) < 4.78 is 7.34. The molecule has 2 amide bonds. The maximum absolute atomic E-state index is 13.5. The molecule has 0 radical (unpaired) electrons. The lowest BCUT2D eigenvalue weighted by atomic mass is 10.2. The van der Waals surface area contributed by atoms with Crippen molar-refractivity contribution in [1.29, 1.82) is 0 Å². The molecule has 190 valence electrons. The van der Waals surface area contributed by atoms with Gasteiger partial charge in [0.1, 0.15) is 6.54 Å². The van der Waals surface area contributed by atoms with E-state index >= 15 is 0 Å². The van der Waals surface area contributed by atoms with E-state index in [4.69, 9.17) is 4.74 Å². The number of benzene rings is 2. The number of nitrogens with zero attached hydrogens (tertiary/aromatic N) is 3. The van der Waals surface area contributed by atoms with Crippen LogP contribution in [0.1, 0.15) is 37.1 Å². The molecular weight excluding hydrogens is 450 g/mol. The second kappa shape index (κ2) is 14.0. The Morgan fingerprint density at radius 1 is 0.972 bits per heavy atom. The highest BCUT2D eigenvalue weighted by atomic mass is 16.5. The third-order valence-electron chi connectivity index (χ3n) is 6.03. The zero-order valence-corrected chi connectivity index (χ0v) is 21.5. The van der Waals surface area contributed by atoms with Crippen LogP contribution in [0.3, 0.4) is 0 Å². The van der Waals surface area contributed by atoms with Crippen molar-refractivity contribution < 1.29 is 14.3 Å². The van der Waals surface area contributed by atoms with E-state index in [1.54, 1.807) is 24.2 Å². The van der Waals surface area contributed by atoms with Crippen molar-refractivity contribution in [3.63, 3.8) is 0 Å². The van der Waals surface area contributed by atoms with Gasteiger partial charge in [0.15, 0.2) is 0 Å². The number of carbonyl (C=O) groups is 2. The van der Waals surface area contributed by atoms with Crippen LogP contribution in [-0.2, 0) is 27.4 Å². The van der Waals surface area contributed by atoms with Gasteiger partial charge in [0.25, 0.3) is 0 Å². The van der Waals surface area contributed by atoms with E-state index in [1.807, 2.05) is 79.5 Å². The number of amides is 2. The fraction of sp³-hybridized carbons (Fsp3) is 0.333. The maximum Gasteiger partial charge on any atom is 0.247 e. The van der Waals surface area contributed by atoms with Gasteiger partial charge in [0, 0.05) is 50.8 Å². The Morgan fingerprint density at radius 3 is 2.33 bits per heavy atom. The molecule has 1 aromatic heterocycles. The van der Waals surface area contributed by atoms with Crippen LogP contribution >= 0.6 is 0 Å². The molecule has 6 nitrogen and oxygen atoms in total. The highest BCUT2D eigenvalue weighted by Gasteiger charge is 2.23. The summed E-state index contributed by atoms with van der Waals surface area (Å²) in [6.45, 7) is 6.25. The van der Waals surface area contributed by atoms with Crippen molar-refractivity contribution in [2.45, 2.75) is 39.4 Å². The van der Waals surface area contributed by atoms with Gasteiger partial charge in [-0.3, -0.25) is 9.59 Å². The molecule has 0 saturated carbocycles. The van der Waals surface area contributed by atoms with Crippen LogP contribution in [0.25, 0.3) is 6.08 Å². The second-order valence-corrected chi connectivity index (χ2v) is 9.08. The van der Waals surface area contributed by atoms with Gasteiger partial charge >= 0.3 is 0 Å². The zero-order valence-electron chi connectivity index (χ0n) is 21.5. The lowest BCUT2D eigenvalue weighted by Crippen LogP contribution is -2.45. The van der Waals surface area contributed by atoms with Crippen LogP contribution in [0.15, 0.2) is 85.1 Å². The second-order valence-electron chi connectivity index (χ2n) is 9.08. The predicted octanol–water partition coefficient (Wildman–Crippen LogP) is 4.85. The highest BCUT2D eigenvalue weighted by Crippen LogP contribution is 2.14. The predicted molar refractivity (Wildman–Crippen MR) is 144 cm³/mol. The smallest absolute Gasteiger partial charge is 0.247 e. The lowest BCUT2D eigenvalue weighted by Gasteiger charge is -2.30. The monoisotopic (exact) mass is 487 g/mol. The van der Waals surface area contributed by atoms with Gasteiger partial charge in [-0.1, -0.05) is 60.7 Å². The molecule has 0 fully saturated rings. The van der Waals surface area contributed by atoms with Gasteiger partial charge in [-0.2, -0.15) is 0 Å². The summed E-state index contributed by atoms with van der Waals surface area (Å²) in [5.74, 6) is -0.254. The summed E-state index contributed by atoms with van der Waals surface area (Å²) in [4.78, 5) is 30.0. The molecule has 3 rings (SSSR count). The van der Waals surface area contributed by atoms with Crippen molar-refractivity contribution in [3.8, 4) is 0 Å². The van der Waals surface area contributed by atoms with Crippen LogP contribution in [0, 0.1) is 0 Å².